The lowest BCUT2D eigenvalue weighted by Crippen LogP contribution is -2.30. The third kappa shape index (κ3) is 3.04. The van der Waals surface area contributed by atoms with Gasteiger partial charge in [-0.15, -0.1) is 0 Å². The van der Waals surface area contributed by atoms with Gasteiger partial charge >= 0.3 is 5.97 Å². The predicted octanol–water partition coefficient (Wildman–Crippen LogP) is 2.74. The molecule has 1 aliphatic heterocycles. The Morgan fingerprint density at radius 1 is 1.15 bits per heavy atom. The summed E-state index contributed by atoms with van der Waals surface area (Å²) >= 11 is 0. The van der Waals surface area contributed by atoms with Crippen LogP contribution in [0.25, 0.3) is 11.1 Å². The lowest BCUT2D eigenvalue weighted by molar-refractivity contribution is -0.123. The summed E-state index contributed by atoms with van der Waals surface area (Å²) in [5.74, 6) is 0.0766. The molecule has 0 fully saturated rings. The first-order valence-electron chi connectivity index (χ1n) is 7.85. The van der Waals surface area contributed by atoms with Gasteiger partial charge in [0.25, 0.3) is 5.91 Å². The summed E-state index contributed by atoms with van der Waals surface area (Å²) in [5, 5.41) is 2.67. The SMILES string of the molecule is CC(OC(=O)c1ccc2ncoc2c1)C(=O)Nc1ccc2c(c1)OCO2. The number of hydrogen-bond acceptors (Lipinski definition) is 7. The minimum Gasteiger partial charge on any atom is -0.454 e. The smallest absolute Gasteiger partial charge is 0.339 e. The number of nitrogens with one attached hydrogen (secondary N) is 1. The molecule has 1 amide bonds. The molecule has 2 aromatic carbocycles. The molecule has 1 aromatic heterocycles. The van der Waals surface area contributed by atoms with Crippen LogP contribution in [-0.4, -0.2) is 29.8 Å². The van der Waals surface area contributed by atoms with E-state index in [1.807, 2.05) is 0 Å². The molecule has 0 saturated carbocycles. The Morgan fingerprint density at radius 2 is 2.00 bits per heavy atom. The Bertz CT molecular complexity index is 996. The molecular weight excluding hydrogens is 340 g/mol. The standard InChI is InChI=1S/C18H14N2O6/c1-10(17(21)20-12-3-5-14-16(7-12)25-9-24-14)26-18(22)11-2-4-13-15(6-11)23-8-19-13/h2-8,10H,9H2,1H3,(H,20,21). The van der Waals surface area contributed by atoms with Gasteiger partial charge in [0.2, 0.25) is 6.79 Å². The van der Waals surface area contributed by atoms with Crippen molar-refractivity contribution in [2.45, 2.75) is 13.0 Å². The summed E-state index contributed by atoms with van der Waals surface area (Å²) in [5.41, 5.74) is 1.90. The zero-order chi connectivity index (χ0) is 18.1. The number of carbonyl (C=O) groups excluding carboxylic acids is 2. The molecule has 3 aromatic rings. The average Bonchev–Trinajstić information content (AvgIpc) is 3.29. The highest BCUT2D eigenvalue weighted by Crippen LogP contribution is 2.34. The molecule has 0 radical (unpaired) electrons. The fraction of sp³-hybridized carbons (Fsp3) is 0.167. The molecule has 8 heteroatoms. The van der Waals surface area contributed by atoms with Crippen LogP contribution in [0.4, 0.5) is 5.69 Å². The first kappa shape index (κ1) is 15.9. The maximum atomic E-state index is 12.3. The van der Waals surface area contributed by atoms with Crippen molar-refractivity contribution in [3.05, 3.63) is 48.4 Å². The molecule has 1 unspecified atom stereocenters. The van der Waals surface area contributed by atoms with Crippen molar-refractivity contribution in [3.8, 4) is 11.5 Å². The monoisotopic (exact) mass is 354 g/mol. The number of esters is 1. The van der Waals surface area contributed by atoms with Crippen molar-refractivity contribution in [2.24, 2.45) is 0 Å². The summed E-state index contributed by atoms with van der Waals surface area (Å²) in [6.07, 6.45) is 0.305. The van der Waals surface area contributed by atoms with Crippen LogP contribution in [0.5, 0.6) is 11.5 Å². The van der Waals surface area contributed by atoms with Gasteiger partial charge in [-0.25, -0.2) is 9.78 Å². The normalized spacial score (nSPS) is 13.4. The van der Waals surface area contributed by atoms with Gasteiger partial charge in [0.1, 0.15) is 5.52 Å². The fourth-order valence-electron chi connectivity index (χ4n) is 2.48. The highest BCUT2D eigenvalue weighted by atomic mass is 16.7. The zero-order valence-corrected chi connectivity index (χ0v) is 13.7. The largest absolute Gasteiger partial charge is 0.454 e. The Balaban J connectivity index is 1.41. The fourth-order valence-corrected chi connectivity index (χ4v) is 2.48. The molecule has 4 rings (SSSR count). The number of amides is 1. The first-order chi connectivity index (χ1) is 12.6. The number of carbonyl (C=O) groups is 2. The second kappa shape index (κ2) is 6.40. The Morgan fingerprint density at radius 3 is 2.88 bits per heavy atom. The van der Waals surface area contributed by atoms with Crippen molar-refractivity contribution < 1.29 is 28.2 Å². The van der Waals surface area contributed by atoms with Gasteiger partial charge in [-0.05, 0) is 37.3 Å². The zero-order valence-electron chi connectivity index (χ0n) is 13.7. The van der Waals surface area contributed by atoms with Crippen LogP contribution < -0.4 is 14.8 Å². The molecule has 0 bridgehead atoms. The molecule has 8 nitrogen and oxygen atoms in total. The van der Waals surface area contributed by atoms with E-state index in [0.717, 1.165) is 0 Å². The summed E-state index contributed by atoms with van der Waals surface area (Å²) in [6.45, 7) is 1.64. The van der Waals surface area contributed by atoms with Crippen LogP contribution in [0, 0.1) is 0 Å². The molecule has 132 valence electrons. The van der Waals surface area contributed by atoms with Crippen molar-refractivity contribution in [3.63, 3.8) is 0 Å². The highest BCUT2D eigenvalue weighted by Gasteiger charge is 2.21. The summed E-state index contributed by atoms with van der Waals surface area (Å²) in [4.78, 5) is 28.5. The van der Waals surface area contributed by atoms with E-state index < -0.39 is 18.0 Å². The van der Waals surface area contributed by atoms with Crippen molar-refractivity contribution in [2.75, 3.05) is 12.1 Å². The number of aromatic nitrogens is 1. The number of benzene rings is 2. The summed E-state index contributed by atoms with van der Waals surface area (Å²) in [6, 6.07) is 9.75. The molecule has 0 aliphatic carbocycles. The first-order valence-corrected chi connectivity index (χ1v) is 7.85. The van der Waals surface area contributed by atoms with Crippen LogP contribution >= 0.6 is 0 Å². The number of oxazole rings is 1. The third-order valence-electron chi connectivity index (χ3n) is 3.86. The van der Waals surface area contributed by atoms with Crippen LogP contribution in [0.1, 0.15) is 17.3 Å². The minimum atomic E-state index is -0.988. The molecular formula is C18H14N2O6. The number of fused-ring (bicyclic) bond motifs is 2. The molecule has 1 N–H and O–H groups in total. The van der Waals surface area contributed by atoms with Crippen molar-refractivity contribution in [1.29, 1.82) is 0 Å². The van der Waals surface area contributed by atoms with E-state index in [-0.39, 0.29) is 12.4 Å². The molecule has 1 atom stereocenters. The van der Waals surface area contributed by atoms with Gasteiger partial charge in [-0.2, -0.15) is 0 Å². The van der Waals surface area contributed by atoms with Crippen molar-refractivity contribution >= 4 is 28.7 Å². The van der Waals surface area contributed by atoms with E-state index >= 15 is 0 Å². The van der Waals surface area contributed by atoms with E-state index in [9.17, 15) is 9.59 Å². The Kier molecular flexibility index (Phi) is 3.92. The van der Waals surface area contributed by atoms with Gasteiger partial charge < -0.3 is 23.9 Å². The topological polar surface area (TPSA) is 99.9 Å². The second-order valence-electron chi connectivity index (χ2n) is 5.64. The van der Waals surface area contributed by atoms with E-state index in [4.69, 9.17) is 18.6 Å². The molecule has 26 heavy (non-hydrogen) atoms. The van der Waals surface area contributed by atoms with E-state index in [1.165, 1.54) is 19.4 Å². The second-order valence-corrected chi connectivity index (χ2v) is 5.64. The third-order valence-corrected chi connectivity index (χ3v) is 3.86. The number of rotatable bonds is 4. The number of anilines is 1. The van der Waals surface area contributed by atoms with Crippen LogP contribution in [0.2, 0.25) is 0 Å². The van der Waals surface area contributed by atoms with Gasteiger partial charge in [0.15, 0.2) is 29.6 Å². The molecule has 0 saturated heterocycles. The van der Waals surface area contributed by atoms with Gasteiger partial charge in [-0.3, -0.25) is 4.79 Å². The van der Waals surface area contributed by atoms with E-state index in [0.29, 0.717) is 28.3 Å². The highest BCUT2D eigenvalue weighted by molar-refractivity contribution is 5.98. The Hall–Kier alpha value is -3.55. The number of ether oxygens (including phenoxy) is 3. The lowest BCUT2D eigenvalue weighted by atomic mass is 10.2. The van der Waals surface area contributed by atoms with E-state index in [2.05, 4.69) is 10.3 Å². The van der Waals surface area contributed by atoms with E-state index in [1.54, 1.807) is 30.3 Å². The molecule has 2 heterocycles. The maximum absolute atomic E-state index is 12.3. The minimum absolute atomic E-state index is 0.149. The number of nitrogens with zero attached hydrogens (tertiary/aromatic N) is 1. The molecule has 1 aliphatic rings. The van der Waals surface area contributed by atoms with Gasteiger partial charge in [0.05, 0.1) is 5.56 Å². The quantitative estimate of drug-likeness (QED) is 0.719. The van der Waals surface area contributed by atoms with Crippen LogP contribution in [0.15, 0.2) is 47.2 Å². The van der Waals surface area contributed by atoms with Gasteiger partial charge in [-0.1, -0.05) is 0 Å². The number of hydrogen-bond donors (Lipinski definition) is 1. The molecule has 0 spiro atoms. The van der Waals surface area contributed by atoms with Crippen LogP contribution in [0.3, 0.4) is 0 Å². The van der Waals surface area contributed by atoms with Gasteiger partial charge in [0, 0.05) is 11.8 Å². The predicted molar refractivity (Wildman–Crippen MR) is 90.1 cm³/mol. The Labute approximate surface area is 147 Å². The summed E-state index contributed by atoms with van der Waals surface area (Å²) in [7, 11) is 0. The lowest BCUT2D eigenvalue weighted by Gasteiger charge is -2.13. The van der Waals surface area contributed by atoms with Crippen molar-refractivity contribution in [1.82, 2.24) is 4.98 Å². The maximum Gasteiger partial charge on any atom is 0.339 e. The summed E-state index contributed by atoms with van der Waals surface area (Å²) < 4.78 is 20.9. The van der Waals surface area contributed by atoms with Crippen LogP contribution in [-0.2, 0) is 9.53 Å². The average molecular weight is 354 g/mol.